The van der Waals surface area contributed by atoms with Gasteiger partial charge in [0.2, 0.25) is 0 Å². The Balaban J connectivity index is 2.03. The largest absolute Gasteiger partial charge is 0.135 e. The average Bonchev–Trinajstić information content (AvgIpc) is 2.86. The molecule has 0 aliphatic carbocycles. The van der Waals surface area contributed by atoms with E-state index in [0.29, 0.717) is 0 Å². The Bertz CT molecular complexity index is 857. The summed E-state index contributed by atoms with van der Waals surface area (Å²) >= 11 is 1.83. The summed E-state index contributed by atoms with van der Waals surface area (Å²) < 4.78 is 2.65. The summed E-state index contributed by atoms with van der Waals surface area (Å²) in [5.41, 5.74) is 2.39. The topological polar surface area (TPSA) is 0 Å². The molecule has 1 heteroatoms. The predicted octanol–water partition coefficient (Wildman–Crippen LogP) is 5.52. The van der Waals surface area contributed by atoms with Crippen molar-refractivity contribution in [3.63, 3.8) is 0 Å². The van der Waals surface area contributed by atoms with Gasteiger partial charge >= 0.3 is 0 Å². The predicted molar refractivity (Wildman–Crippen MR) is 83.6 cm³/mol. The second-order valence-electron chi connectivity index (χ2n) is 4.59. The molecule has 0 nitrogen and oxygen atoms in total. The third-order valence-corrected chi connectivity index (χ3v) is 4.53. The second-order valence-corrected chi connectivity index (χ2v) is 5.67. The first-order valence-corrected chi connectivity index (χ1v) is 7.12. The Morgan fingerprint density at radius 2 is 1.53 bits per heavy atom. The molecular formula is C18H11S. The lowest BCUT2D eigenvalue weighted by Crippen LogP contribution is -1.76. The van der Waals surface area contributed by atoms with Gasteiger partial charge in [0.1, 0.15) is 0 Å². The maximum atomic E-state index is 3.40. The van der Waals surface area contributed by atoms with Crippen molar-refractivity contribution >= 4 is 31.5 Å². The Labute approximate surface area is 115 Å². The zero-order chi connectivity index (χ0) is 12.7. The van der Waals surface area contributed by atoms with E-state index in [1.807, 2.05) is 17.4 Å². The zero-order valence-electron chi connectivity index (χ0n) is 10.3. The molecule has 1 heterocycles. The van der Waals surface area contributed by atoms with Gasteiger partial charge in [-0.1, -0.05) is 48.5 Å². The fraction of sp³-hybridized carbons (Fsp3) is 0. The van der Waals surface area contributed by atoms with E-state index >= 15 is 0 Å². The molecule has 89 valence electrons. The van der Waals surface area contributed by atoms with Gasteiger partial charge in [-0.2, -0.15) is 0 Å². The summed E-state index contributed by atoms with van der Waals surface area (Å²) in [7, 11) is 0. The molecule has 0 aliphatic heterocycles. The van der Waals surface area contributed by atoms with Crippen molar-refractivity contribution in [3.8, 4) is 11.1 Å². The van der Waals surface area contributed by atoms with Crippen LogP contribution in [0.2, 0.25) is 0 Å². The van der Waals surface area contributed by atoms with E-state index in [1.54, 1.807) is 0 Å². The van der Waals surface area contributed by atoms with Crippen LogP contribution in [0.15, 0.2) is 66.7 Å². The third-order valence-electron chi connectivity index (χ3n) is 3.39. The number of thiophene rings is 1. The number of fused-ring (bicyclic) bond motifs is 3. The second kappa shape index (κ2) is 4.22. The molecule has 0 amide bonds. The Morgan fingerprint density at radius 3 is 2.42 bits per heavy atom. The van der Waals surface area contributed by atoms with E-state index in [9.17, 15) is 0 Å². The van der Waals surface area contributed by atoms with Crippen LogP contribution < -0.4 is 0 Å². The van der Waals surface area contributed by atoms with Gasteiger partial charge in [0, 0.05) is 20.2 Å². The highest BCUT2D eigenvalue weighted by Gasteiger charge is 2.06. The van der Waals surface area contributed by atoms with Gasteiger partial charge in [-0.3, -0.25) is 0 Å². The minimum absolute atomic E-state index is 1.16. The molecule has 0 unspecified atom stereocenters. The summed E-state index contributed by atoms with van der Waals surface area (Å²) in [5.74, 6) is 0. The van der Waals surface area contributed by atoms with Crippen molar-refractivity contribution in [3.05, 3.63) is 72.8 Å². The highest BCUT2D eigenvalue weighted by molar-refractivity contribution is 7.25. The van der Waals surface area contributed by atoms with E-state index in [4.69, 9.17) is 0 Å². The van der Waals surface area contributed by atoms with E-state index < -0.39 is 0 Å². The molecule has 0 saturated heterocycles. The molecule has 0 fully saturated rings. The zero-order valence-corrected chi connectivity index (χ0v) is 11.1. The van der Waals surface area contributed by atoms with E-state index in [-0.39, 0.29) is 0 Å². The van der Waals surface area contributed by atoms with E-state index in [2.05, 4.69) is 66.7 Å². The van der Waals surface area contributed by atoms with Crippen LogP contribution in [0, 0.1) is 6.07 Å². The Morgan fingerprint density at radius 1 is 0.737 bits per heavy atom. The normalized spacial score (nSPS) is 11.2. The minimum Gasteiger partial charge on any atom is -0.135 e. The van der Waals surface area contributed by atoms with Crippen molar-refractivity contribution in [2.75, 3.05) is 0 Å². The maximum Gasteiger partial charge on any atom is 0.0362 e. The molecule has 0 atom stereocenters. The summed E-state index contributed by atoms with van der Waals surface area (Å²) in [6.45, 7) is 0. The number of benzene rings is 3. The summed E-state index contributed by atoms with van der Waals surface area (Å²) in [5, 5.41) is 2.67. The van der Waals surface area contributed by atoms with Crippen LogP contribution in [-0.4, -0.2) is 0 Å². The summed E-state index contributed by atoms with van der Waals surface area (Å²) in [4.78, 5) is 0. The molecule has 0 aliphatic rings. The average molecular weight is 259 g/mol. The van der Waals surface area contributed by atoms with Gasteiger partial charge in [0.15, 0.2) is 0 Å². The molecule has 4 rings (SSSR count). The minimum atomic E-state index is 1.16. The molecule has 1 aromatic heterocycles. The maximum absolute atomic E-state index is 3.40. The molecule has 0 saturated carbocycles. The van der Waals surface area contributed by atoms with Crippen molar-refractivity contribution < 1.29 is 0 Å². The summed E-state index contributed by atoms with van der Waals surface area (Å²) in [6.07, 6.45) is 0. The van der Waals surface area contributed by atoms with Gasteiger partial charge in [-0.15, -0.1) is 11.3 Å². The van der Waals surface area contributed by atoms with Crippen LogP contribution in [0.4, 0.5) is 0 Å². The van der Waals surface area contributed by atoms with Crippen molar-refractivity contribution in [2.45, 2.75) is 0 Å². The number of rotatable bonds is 1. The fourth-order valence-electron chi connectivity index (χ4n) is 2.45. The molecule has 0 bridgehead atoms. The standard InChI is InChI=1S/C18H11S/c1-2-6-13(7-3-1)14-10-11-18-16(12-14)15-8-4-5-9-17(15)19-18/h1-9,11-12H. The highest BCUT2D eigenvalue weighted by Crippen LogP contribution is 2.35. The van der Waals surface area contributed by atoms with Gasteiger partial charge in [0.25, 0.3) is 0 Å². The van der Waals surface area contributed by atoms with E-state index in [1.165, 1.54) is 25.7 Å². The van der Waals surface area contributed by atoms with Crippen LogP contribution in [-0.2, 0) is 0 Å². The Hall–Kier alpha value is -2.12. The van der Waals surface area contributed by atoms with Gasteiger partial charge in [-0.05, 0) is 35.4 Å². The lowest BCUT2D eigenvalue weighted by atomic mass is 10.0. The Kier molecular flexibility index (Phi) is 2.39. The summed E-state index contributed by atoms with van der Waals surface area (Å²) in [6, 6.07) is 26.8. The van der Waals surface area contributed by atoms with Crippen molar-refractivity contribution in [2.24, 2.45) is 0 Å². The molecule has 3 aromatic carbocycles. The van der Waals surface area contributed by atoms with Gasteiger partial charge < -0.3 is 0 Å². The third kappa shape index (κ3) is 1.74. The first-order chi connectivity index (χ1) is 9.42. The highest BCUT2D eigenvalue weighted by atomic mass is 32.1. The van der Waals surface area contributed by atoms with Crippen LogP contribution in [0.1, 0.15) is 0 Å². The molecule has 0 N–H and O–H groups in total. The molecule has 1 radical (unpaired) electrons. The SMILES string of the molecule is [c]1cc2sc3ccccc3c2cc1-c1ccccc1. The lowest BCUT2D eigenvalue weighted by molar-refractivity contribution is 1.65. The van der Waals surface area contributed by atoms with Crippen molar-refractivity contribution in [1.29, 1.82) is 0 Å². The number of hydrogen-bond donors (Lipinski definition) is 0. The molecular weight excluding hydrogens is 248 g/mol. The smallest absolute Gasteiger partial charge is 0.0362 e. The lowest BCUT2D eigenvalue weighted by Gasteiger charge is -2.01. The quantitative estimate of drug-likeness (QED) is 0.422. The first kappa shape index (κ1) is 10.8. The van der Waals surface area contributed by atoms with Gasteiger partial charge in [0.05, 0.1) is 0 Å². The van der Waals surface area contributed by atoms with Crippen LogP contribution in [0.25, 0.3) is 31.3 Å². The van der Waals surface area contributed by atoms with E-state index in [0.717, 1.165) is 5.56 Å². The van der Waals surface area contributed by atoms with Crippen LogP contribution in [0.5, 0.6) is 0 Å². The molecule has 0 spiro atoms. The van der Waals surface area contributed by atoms with Gasteiger partial charge in [-0.25, -0.2) is 0 Å². The van der Waals surface area contributed by atoms with Crippen LogP contribution >= 0.6 is 11.3 Å². The molecule has 4 aromatic rings. The number of hydrogen-bond acceptors (Lipinski definition) is 1. The molecule has 19 heavy (non-hydrogen) atoms. The monoisotopic (exact) mass is 259 g/mol. The van der Waals surface area contributed by atoms with Crippen LogP contribution in [0.3, 0.4) is 0 Å². The fourth-order valence-corrected chi connectivity index (χ4v) is 3.52. The van der Waals surface area contributed by atoms with Crippen molar-refractivity contribution in [1.82, 2.24) is 0 Å². The first-order valence-electron chi connectivity index (χ1n) is 6.30.